The lowest BCUT2D eigenvalue weighted by molar-refractivity contribution is -0.141. The van der Waals surface area contributed by atoms with E-state index in [1.54, 1.807) is 30.3 Å². The summed E-state index contributed by atoms with van der Waals surface area (Å²) in [5.41, 5.74) is 0.801. The molecular weight excluding hydrogens is 302 g/mol. The second-order valence-corrected chi connectivity index (χ2v) is 4.57. The molecule has 0 saturated carbocycles. The van der Waals surface area contributed by atoms with E-state index in [-0.39, 0.29) is 19.4 Å². The van der Waals surface area contributed by atoms with E-state index >= 15 is 0 Å². The largest absolute Gasteiger partial charge is 0.480 e. The third kappa shape index (κ3) is 7.47. The maximum Gasteiger partial charge on any atom is 0.407 e. The van der Waals surface area contributed by atoms with Crippen molar-refractivity contribution in [2.45, 2.75) is 25.5 Å². The topological polar surface area (TPSA) is 129 Å². The summed E-state index contributed by atoms with van der Waals surface area (Å²) in [6.07, 6.45) is -0.785. The van der Waals surface area contributed by atoms with Crippen molar-refractivity contribution < 1.29 is 24.2 Å². The molecule has 1 aromatic carbocycles. The van der Waals surface area contributed by atoms with Gasteiger partial charge < -0.3 is 20.5 Å². The van der Waals surface area contributed by atoms with E-state index in [9.17, 15) is 14.4 Å². The quantitative estimate of drug-likeness (QED) is 0.649. The number of carboxylic acid groups (broad SMARTS) is 1. The van der Waals surface area contributed by atoms with Crippen molar-refractivity contribution in [1.29, 1.82) is 5.26 Å². The van der Waals surface area contributed by atoms with Crippen LogP contribution in [-0.4, -0.2) is 35.7 Å². The molecule has 0 heterocycles. The smallest absolute Gasteiger partial charge is 0.407 e. The molecule has 0 aliphatic carbocycles. The minimum atomic E-state index is -1.24. The fourth-order valence-electron chi connectivity index (χ4n) is 1.64. The van der Waals surface area contributed by atoms with E-state index in [0.29, 0.717) is 0 Å². The van der Waals surface area contributed by atoms with Crippen molar-refractivity contribution in [2.75, 3.05) is 6.54 Å². The van der Waals surface area contributed by atoms with E-state index in [1.165, 1.54) is 0 Å². The van der Waals surface area contributed by atoms with Gasteiger partial charge in [-0.3, -0.25) is 4.79 Å². The third-order valence-corrected chi connectivity index (χ3v) is 2.78. The molecule has 1 atom stereocenters. The van der Waals surface area contributed by atoms with Crippen LogP contribution in [0.2, 0.25) is 0 Å². The summed E-state index contributed by atoms with van der Waals surface area (Å²) in [7, 11) is 0. The first-order chi connectivity index (χ1) is 11.0. The van der Waals surface area contributed by atoms with E-state index in [1.807, 2.05) is 6.07 Å². The number of hydrogen-bond acceptors (Lipinski definition) is 5. The van der Waals surface area contributed by atoms with Crippen LogP contribution in [0.3, 0.4) is 0 Å². The van der Waals surface area contributed by atoms with Crippen LogP contribution >= 0.6 is 0 Å². The number of benzene rings is 1. The third-order valence-electron chi connectivity index (χ3n) is 2.78. The summed E-state index contributed by atoms with van der Waals surface area (Å²) in [6.45, 7) is -0.349. The monoisotopic (exact) mass is 319 g/mol. The number of carbonyl (C=O) groups is 3. The molecule has 1 aromatic rings. The Bertz CT molecular complexity index is 583. The Hall–Kier alpha value is -3.08. The van der Waals surface area contributed by atoms with Gasteiger partial charge in [0.15, 0.2) is 0 Å². The molecule has 0 radical (unpaired) electrons. The highest BCUT2D eigenvalue weighted by molar-refractivity contribution is 5.86. The van der Waals surface area contributed by atoms with Crippen LogP contribution in [0.4, 0.5) is 4.79 Å². The van der Waals surface area contributed by atoms with Crippen molar-refractivity contribution in [1.82, 2.24) is 10.6 Å². The normalized spacial score (nSPS) is 10.9. The number of carboxylic acids is 1. The molecule has 23 heavy (non-hydrogen) atoms. The first-order valence-corrected chi connectivity index (χ1v) is 6.86. The van der Waals surface area contributed by atoms with Crippen molar-refractivity contribution in [3.05, 3.63) is 35.9 Å². The summed E-state index contributed by atoms with van der Waals surface area (Å²) in [4.78, 5) is 33.9. The lowest BCUT2D eigenvalue weighted by Gasteiger charge is -2.13. The molecule has 0 spiro atoms. The van der Waals surface area contributed by atoms with Gasteiger partial charge in [-0.15, -0.1) is 0 Å². The molecule has 0 saturated heterocycles. The molecule has 2 amide bonds. The summed E-state index contributed by atoms with van der Waals surface area (Å²) < 4.78 is 4.91. The van der Waals surface area contributed by atoms with E-state index in [2.05, 4.69) is 10.6 Å². The Balaban J connectivity index is 2.30. The highest BCUT2D eigenvalue weighted by Crippen LogP contribution is 2.00. The van der Waals surface area contributed by atoms with Gasteiger partial charge in [-0.2, -0.15) is 5.26 Å². The second-order valence-electron chi connectivity index (χ2n) is 4.57. The number of alkyl carbamates (subject to hydrolysis) is 1. The minimum absolute atomic E-state index is 0.00376. The van der Waals surface area contributed by atoms with E-state index in [0.717, 1.165) is 5.56 Å². The number of carbonyl (C=O) groups excluding carboxylic acids is 2. The lowest BCUT2D eigenvalue weighted by atomic mass is 10.1. The summed E-state index contributed by atoms with van der Waals surface area (Å²) in [6, 6.07) is 9.65. The standard InChI is InChI=1S/C15H17N3O5/c16-8-4-7-12(14(20)21)18-13(19)9-17-15(22)23-10-11-5-2-1-3-6-11/h1-3,5-6,12H,4,7,9-10H2,(H,17,22)(H,18,19)(H,20,21)/t12-/m1/s1. The molecule has 0 unspecified atom stereocenters. The van der Waals surface area contributed by atoms with Gasteiger partial charge in [0.25, 0.3) is 0 Å². The number of aliphatic carboxylic acids is 1. The van der Waals surface area contributed by atoms with E-state index < -0.39 is 30.6 Å². The number of amides is 2. The van der Waals surface area contributed by atoms with Gasteiger partial charge in [-0.05, 0) is 12.0 Å². The van der Waals surface area contributed by atoms with Gasteiger partial charge in [-0.1, -0.05) is 30.3 Å². The Kier molecular flexibility index (Phi) is 7.64. The van der Waals surface area contributed by atoms with E-state index in [4.69, 9.17) is 15.1 Å². The molecule has 8 nitrogen and oxygen atoms in total. The number of rotatable bonds is 8. The number of hydrogen-bond donors (Lipinski definition) is 3. The molecular formula is C15H17N3O5. The van der Waals surface area contributed by atoms with Crippen LogP contribution in [0.25, 0.3) is 0 Å². The SMILES string of the molecule is N#CCC[C@@H](NC(=O)CNC(=O)OCc1ccccc1)C(=O)O. The molecule has 0 aromatic heterocycles. The highest BCUT2D eigenvalue weighted by Gasteiger charge is 2.19. The van der Waals surface area contributed by atoms with Gasteiger partial charge in [0, 0.05) is 6.42 Å². The second kappa shape index (κ2) is 9.78. The number of ether oxygens (including phenoxy) is 1. The molecule has 3 N–H and O–H groups in total. The Labute approximate surface area is 133 Å². The fourth-order valence-corrected chi connectivity index (χ4v) is 1.64. The van der Waals surface area contributed by atoms with Gasteiger partial charge >= 0.3 is 12.1 Å². The molecule has 0 bridgehead atoms. The predicted octanol–water partition coefficient (Wildman–Crippen LogP) is 0.786. The number of nitrogens with one attached hydrogen (secondary N) is 2. The van der Waals surface area contributed by atoms with Crippen LogP contribution in [0.1, 0.15) is 18.4 Å². The van der Waals surface area contributed by atoms with Crippen molar-refractivity contribution >= 4 is 18.0 Å². The molecule has 0 fully saturated rings. The van der Waals surface area contributed by atoms with Crippen LogP contribution < -0.4 is 10.6 Å². The average molecular weight is 319 g/mol. The van der Waals surface area contributed by atoms with Gasteiger partial charge in [0.05, 0.1) is 6.07 Å². The van der Waals surface area contributed by atoms with Crippen LogP contribution in [0, 0.1) is 11.3 Å². The molecule has 0 aliphatic heterocycles. The van der Waals surface area contributed by atoms with Crippen LogP contribution in [0.15, 0.2) is 30.3 Å². The maximum absolute atomic E-state index is 11.6. The highest BCUT2D eigenvalue weighted by atomic mass is 16.5. The fraction of sp³-hybridized carbons (Fsp3) is 0.333. The summed E-state index contributed by atoms with van der Waals surface area (Å²) in [5, 5.41) is 21.8. The zero-order valence-corrected chi connectivity index (χ0v) is 12.3. The van der Waals surface area contributed by atoms with Gasteiger partial charge in [0.1, 0.15) is 19.2 Å². The first kappa shape index (κ1) is 18.0. The maximum atomic E-state index is 11.6. The zero-order valence-electron chi connectivity index (χ0n) is 12.3. The summed E-state index contributed by atoms with van der Waals surface area (Å²) >= 11 is 0. The zero-order chi connectivity index (χ0) is 17.1. The van der Waals surface area contributed by atoms with Crippen molar-refractivity contribution in [3.8, 4) is 6.07 Å². The van der Waals surface area contributed by atoms with Gasteiger partial charge in [0.2, 0.25) is 5.91 Å². The molecule has 0 aliphatic rings. The van der Waals surface area contributed by atoms with Crippen molar-refractivity contribution in [3.63, 3.8) is 0 Å². The number of nitrogens with zero attached hydrogens (tertiary/aromatic N) is 1. The molecule has 8 heteroatoms. The Morgan fingerprint density at radius 2 is 1.96 bits per heavy atom. The predicted molar refractivity (Wildman–Crippen MR) is 79.0 cm³/mol. The Morgan fingerprint density at radius 3 is 2.57 bits per heavy atom. The average Bonchev–Trinajstić information content (AvgIpc) is 2.55. The lowest BCUT2D eigenvalue weighted by Crippen LogP contribution is -2.45. The van der Waals surface area contributed by atoms with Crippen LogP contribution in [0.5, 0.6) is 0 Å². The van der Waals surface area contributed by atoms with Crippen molar-refractivity contribution in [2.24, 2.45) is 0 Å². The molecule has 122 valence electrons. The number of nitriles is 1. The Morgan fingerprint density at radius 1 is 1.26 bits per heavy atom. The van der Waals surface area contributed by atoms with Crippen LogP contribution in [-0.2, 0) is 20.9 Å². The molecule has 1 rings (SSSR count). The van der Waals surface area contributed by atoms with Gasteiger partial charge in [-0.25, -0.2) is 9.59 Å². The first-order valence-electron chi connectivity index (χ1n) is 6.86. The summed E-state index contributed by atoms with van der Waals surface area (Å²) in [5.74, 6) is -1.91. The minimum Gasteiger partial charge on any atom is -0.480 e.